The topological polar surface area (TPSA) is 92.5 Å². The van der Waals surface area contributed by atoms with Crippen LogP contribution in [0.1, 0.15) is 38.2 Å². The second-order valence-corrected chi connectivity index (χ2v) is 5.97. The summed E-state index contributed by atoms with van der Waals surface area (Å²) in [6.07, 6.45) is 2.93. The van der Waals surface area contributed by atoms with Crippen molar-refractivity contribution in [1.82, 2.24) is 0 Å². The van der Waals surface area contributed by atoms with Gasteiger partial charge in [-0.05, 0) is 31.7 Å². The summed E-state index contributed by atoms with van der Waals surface area (Å²) < 4.78 is 0. The van der Waals surface area contributed by atoms with E-state index in [1.165, 1.54) is 6.07 Å². The number of hydrogen-bond acceptors (Lipinski definition) is 4. The molecule has 1 aromatic rings. The lowest BCUT2D eigenvalue weighted by atomic mass is 9.76. The van der Waals surface area contributed by atoms with Crippen LogP contribution in [0.25, 0.3) is 0 Å². The molecular weight excluding hydrogens is 272 g/mol. The molecule has 6 heteroatoms. The van der Waals surface area contributed by atoms with Gasteiger partial charge in [0, 0.05) is 17.3 Å². The molecule has 0 amide bonds. The van der Waals surface area contributed by atoms with Crippen molar-refractivity contribution in [2.75, 3.05) is 5.32 Å². The second-order valence-electron chi connectivity index (χ2n) is 5.97. The van der Waals surface area contributed by atoms with Gasteiger partial charge in [0.1, 0.15) is 5.54 Å². The number of nitrogens with one attached hydrogen (secondary N) is 1. The number of anilines is 1. The molecule has 1 saturated carbocycles. The summed E-state index contributed by atoms with van der Waals surface area (Å²) in [5.74, 6) is -0.569. The highest BCUT2D eigenvalue weighted by Gasteiger charge is 2.42. The lowest BCUT2D eigenvalue weighted by molar-refractivity contribution is -0.385. The fraction of sp³-hybridized carbons (Fsp3) is 0.533. The summed E-state index contributed by atoms with van der Waals surface area (Å²) in [5.41, 5.74) is 0.0287. The van der Waals surface area contributed by atoms with Gasteiger partial charge in [0.05, 0.1) is 4.92 Å². The number of aryl methyl sites for hydroxylation is 1. The molecule has 1 aliphatic rings. The van der Waals surface area contributed by atoms with Crippen molar-refractivity contribution in [3.05, 3.63) is 33.9 Å². The van der Waals surface area contributed by atoms with Crippen LogP contribution < -0.4 is 5.32 Å². The van der Waals surface area contributed by atoms with Crippen molar-refractivity contribution < 1.29 is 14.8 Å². The van der Waals surface area contributed by atoms with Gasteiger partial charge >= 0.3 is 5.97 Å². The van der Waals surface area contributed by atoms with E-state index in [0.29, 0.717) is 30.0 Å². The molecule has 1 fully saturated rings. The summed E-state index contributed by atoms with van der Waals surface area (Å²) in [6, 6.07) is 4.76. The van der Waals surface area contributed by atoms with Gasteiger partial charge in [-0.25, -0.2) is 4.79 Å². The van der Waals surface area contributed by atoms with Crippen LogP contribution >= 0.6 is 0 Å². The largest absolute Gasteiger partial charge is 0.480 e. The molecule has 2 unspecified atom stereocenters. The van der Waals surface area contributed by atoms with E-state index in [9.17, 15) is 20.0 Å². The van der Waals surface area contributed by atoms with Crippen LogP contribution in [0.15, 0.2) is 18.2 Å². The fourth-order valence-corrected chi connectivity index (χ4v) is 3.07. The van der Waals surface area contributed by atoms with E-state index in [2.05, 4.69) is 5.32 Å². The van der Waals surface area contributed by atoms with Gasteiger partial charge in [0.2, 0.25) is 0 Å². The third-order valence-corrected chi connectivity index (χ3v) is 4.20. The summed E-state index contributed by atoms with van der Waals surface area (Å²) >= 11 is 0. The normalized spacial score (nSPS) is 25.3. The lowest BCUT2D eigenvalue weighted by Gasteiger charge is -2.37. The van der Waals surface area contributed by atoms with E-state index in [0.717, 1.165) is 12.8 Å². The summed E-state index contributed by atoms with van der Waals surface area (Å²) in [7, 11) is 0. The zero-order chi connectivity index (χ0) is 15.6. The van der Waals surface area contributed by atoms with Crippen LogP contribution in [0.2, 0.25) is 0 Å². The third kappa shape index (κ3) is 3.15. The van der Waals surface area contributed by atoms with Crippen molar-refractivity contribution in [2.45, 2.75) is 45.1 Å². The minimum atomic E-state index is -1.03. The number of carbonyl (C=O) groups is 1. The molecular formula is C15H20N2O4. The van der Waals surface area contributed by atoms with Crippen molar-refractivity contribution >= 4 is 17.3 Å². The number of carboxylic acids is 1. The van der Waals surface area contributed by atoms with Gasteiger partial charge in [-0.3, -0.25) is 10.1 Å². The van der Waals surface area contributed by atoms with E-state index >= 15 is 0 Å². The monoisotopic (exact) mass is 292 g/mol. The summed E-state index contributed by atoms with van der Waals surface area (Å²) in [6.45, 7) is 3.70. The smallest absolute Gasteiger partial charge is 0.329 e. The second kappa shape index (κ2) is 5.71. The highest BCUT2D eigenvalue weighted by molar-refractivity contribution is 5.83. The minimum absolute atomic E-state index is 0.00407. The quantitative estimate of drug-likeness (QED) is 0.655. The maximum absolute atomic E-state index is 11.7. The molecule has 2 atom stereocenters. The van der Waals surface area contributed by atoms with Gasteiger partial charge in [0.15, 0.2) is 0 Å². The number of hydrogen-bond donors (Lipinski definition) is 2. The Balaban J connectivity index is 2.31. The Morgan fingerprint density at radius 2 is 2.24 bits per heavy atom. The highest BCUT2D eigenvalue weighted by Crippen LogP contribution is 2.36. The van der Waals surface area contributed by atoms with Crippen LogP contribution in [0, 0.1) is 23.0 Å². The SMILES string of the molecule is Cc1ccc(NC2(C(=O)O)CCCC(C)C2)cc1[N+](=O)[O-]. The number of nitrogens with zero attached hydrogens (tertiary/aromatic N) is 1. The van der Waals surface area contributed by atoms with Gasteiger partial charge in [-0.2, -0.15) is 0 Å². The van der Waals surface area contributed by atoms with Crippen molar-refractivity contribution in [1.29, 1.82) is 0 Å². The first-order chi connectivity index (χ1) is 9.84. The van der Waals surface area contributed by atoms with Crippen LogP contribution in [0.3, 0.4) is 0 Å². The van der Waals surface area contributed by atoms with Crippen LogP contribution in [0.4, 0.5) is 11.4 Å². The molecule has 0 radical (unpaired) electrons. The molecule has 1 aromatic carbocycles. The first-order valence-electron chi connectivity index (χ1n) is 7.11. The van der Waals surface area contributed by atoms with Crippen LogP contribution in [-0.2, 0) is 4.79 Å². The molecule has 0 spiro atoms. The van der Waals surface area contributed by atoms with Crippen LogP contribution in [-0.4, -0.2) is 21.5 Å². The average molecular weight is 292 g/mol. The molecule has 2 N–H and O–H groups in total. The number of rotatable bonds is 4. The Morgan fingerprint density at radius 3 is 2.81 bits per heavy atom. The maximum atomic E-state index is 11.7. The predicted molar refractivity (Wildman–Crippen MR) is 79.5 cm³/mol. The Kier molecular flexibility index (Phi) is 4.16. The molecule has 0 heterocycles. The Hall–Kier alpha value is -2.11. The Labute approximate surface area is 123 Å². The third-order valence-electron chi connectivity index (χ3n) is 4.20. The standard InChI is InChI=1S/C15H20N2O4/c1-10-4-3-7-15(9-10,14(18)19)16-12-6-5-11(2)13(8-12)17(20)21/h5-6,8,10,16H,3-4,7,9H2,1-2H3,(H,18,19). The minimum Gasteiger partial charge on any atom is -0.480 e. The van der Waals surface area contributed by atoms with Gasteiger partial charge in [-0.1, -0.05) is 25.8 Å². The molecule has 0 bridgehead atoms. The Bertz CT molecular complexity index is 573. The van der Waals surface area contributed by atoms with E-state index in [1.807, 2.05) is 6.92 Å². The lowest BCUT2D eigenvalue weighted by Crippen LogP contribution is -2.49. The van der Waals surface area contributed by atoms with Crippen molar-refractivity contribution in [3.63, 3.8) is 0 Å². The van der Waals surface area contributed by atoms with E-state index in [-0.39, 0.29) is 5.69 Å². The number of carboxylic acid groups (broad SMARTS) is 1. The molecule has 0 aromatic heterocycles. The highest BCUT2D eigenvalue weighted by atomic mass is 16.6. The van der Waals surface area contributed by atoms with Gasteiger partial charge in [-0.15, -0.1) is 0 Å². The zero-order valence-electron chi connectivity index (χ0n) is 12.3. The van der Waals surface area contributed by atoms with E-state index in [1.54, 1.807) is 19.1 Å². The van der Waals surface area contributed by atoms with E-state index in [4.69, 9.17) is 0 Å². The fourth-order valence-electron chi connectivity index (χ4n) is 3.07. The van der Waals surface area contributed by atoms with Gasteiger partial charge in [0.25, 0.3) is 5.69 Å². The van der Waals surface area contributed by atoms with Gasteiger partial charge < -0.3 is 10.4 Å². The molecule has 2 rings (SSSR count). The molecule has 1 aliphatic carbocycles. The zero-order valence-corrected chi connectivity index (χ0v) is 12.3. The summed E-state index contributed by atoms with van der Waals surface area (Å²) in [5, 5.41) is 23.6. The predicted octanol–water partition coefficient (Wildman–Crippen LogP) is 3.35. The van der Waals surface area contributed by atoms with Crippen molar-refractivity contribution in [3.8, 4) is 0 Å². The molecule has 0 saturated heterocycles. The molecule has 114 valence electrons. The number of nitro benzene ring substituents is 1. The Morgan fingerprint density at radius 1 is 1.52 bits per heavy atom. The molecule has 21 heavy (non-hydrogen) atoms. The number of aliphatic carboxylic acids is 1. The van der Waals surface area contributed by atoms with Crippen molar-refractivity contribution in [2.24, 2.45) is 5.92 Å². The van der Waals surface area contributed by atoms with Crippen LogP contribution in [0.5, 0.6) is 0 Å². The maximum Gasteiger partial charge on any atom is 0.329 e. The molecule has 0 aliphatic heterocycles. The number of benzene rings is 1. The summed E-state index contributed by atoms with van der Waals surface area (Å²) in [4.78, 5) is 22.3. The first-order valence-corrected chi connectivity index (χ1v) is 7.11. The number of nitro groups is 1. The first kappa shape index (κ1) is 15.3. The molecule has 6 nitrogen and oxygen atoms in total. The average Bonchev–Trinajstić information content (AvgIpc) is 2.40. The van der Waals surface area contributed by atoms with E-state index < -0.39 is 16.4 Å².